The molecule has 0 amide bonds. The zero-order chi connectivity index (χ0) is 15.8. The van der Waals surface area contributed by atoms with Crippen LogP contribution in [0.1, 0.15) is 38.7 Å². The third-order valence-corrected chi connectivity index (χ3v) is 6.00. The van der Waals surface area contributed by atoms with Crippen LogP contribution in [-0.4, -0.2) is 15.9 Å². The Balaban J connectivity index is 2.25. The molecule has 0 radical (unpaired) electrons. The lowest BCUT2D eigenvalue weighted by Crippen LogP contribution is -2.56. The zero-order valence-corrected chi connectivity index (χ0v) is 13.9. The van der Waals surface area contributed by atoms with Crippen LogP contribution in [-0.2, 0) is 0 Å². The van der Waals surface area contributed by atoms with Crippen LogP contribution in [0.3, 0.4) is 0 Å². The number of nitro benzene ring substituents is 1. The van der Waals surface area contributed by atoms with Crippen molar-refractivity contribution >= 4 is 21.6 Å². The van der Waals surface area contributed by atoms with Gasteiger partial charge in [-0.3, -0.25) is 10.1 Å². The quantitative estimate of drug-likeness (QED) is 0.432. The fourth-order valence-electron chi connectivity index (χ4n) is 3.10. The molecule has 1 aliphatic carbocycles. The van der Waals surface area contributed by atoms with Crippen LogP contribution < -0.4 is 4.74 Å². The highest BCUT2D eigenvalue weighted by Gasteiger charge is 2.53. The summed E-state index contributed by atoms with van der Waals surface area (Å²) in [5.41, 5.74) is 0.191. The van der Waals surface area contributed by atoms with E-state index in [0.717, 1.165) is 25.3 Å². The van der Waals surface area contributed by atoms with Crippen LogP contribution >= 0.6 is 15.9 Å². The number of nitrogens with zero attached hydrogens (tertiary/aromatic N) is 1. The van der Waals surface area contributed by atoms with Crippen molar-refractivity contribution in [3.8, 4) is 5.75 Å². The molecule has 0 aliphatic heterocycles. The Bertz CT molecular complexity index is 560. The van der Waals surface area contributed by atoms with Gasteiger partial charge in [0.2, 0.25) is 0 Å². The summed E-state index contributed by atoms with van der Waals surface area (Å²) < 4.78 is 19.9. The number of hydrogen-bond donors (Lipinski definition) is 0. The van der Waals surface area contributed by atoms with Crippen molar-refractivity contribution < 1.29 is 14.1 Å². The first-order valence-corrected chi connectivity index (χ1v) is 8.02. The van der Waals surface area contributed by atoms with Crippen molar-refractivity contribution in [2.24, 2.45) is 5.41 Å². The second-order valence-electron chi connectivity index (χ2n) is 5.58. The molecule has 116 valence electrons. The smallest absolute Gasteiger partial charge is 0.275 e. The van der Waals surface area contributed by atoms with Crippen LogP contribution in [0, 0.1) is 28.3 Å². The number of rotatable bonds is 5. The van der Waals surface area contributed by atoms with Crippen molar-refractivity contribution in [2.45, 2.75) is 51.0 Å². The fraction of sp³-hybridized carbons (Fsp3) is 0.600. The number of alkyl halides is 1. The van der Waals surface area contributed by atoms with E-state index in [1.54, 1.807) is 6.92 Å². The van der Waals surface area contributed by atoms with Crippen molar-refractivity contribution in [3.63, 3.8) is 0 Å². The second kappa shape index (κ2) is 5.91. The molecular formula is C15H19BrFNO3. The van der Waals surface area contributed by atoms with E-state index < -0.39 is 10.7 Å². The maximum atomic E-state index is 14.0. The van der Waals surface area contributed by atoms with Crippen molar-refractivity contribution in [1.29, 1.82) is 0 Å². The summed E-state index contributed by atoms with van der Waals surface area (Å²) in [5.74, 6) is -0.569. The predicted molar refractivity (Wildman–Crippen MR) is 82.6 cm³/mol. The molecule has 0 N–H and O–H groups in total. The van der Waals surface area contributed by atoms with Crippen molar-refractivity contribution in [1.82, 2.24) is 0 Å². The first-order chi connectivity index (χ1) is 9.85. The summed E-state index contributed by atoms with van der Waals surface area (Å²) >= 11 is 3.66. The summed E-state index contributed by atoms with van der Waals surface area (Å²) in [6.45, 7) is 5.79. The Morgan fingerprint density at radius 1 is 1.48 bits per heavy atom. The molecule has 0 spiro atoms. The fourth-order valence-corrected chi connectivity index (χ4v) is 4.38. The van der Waals surface area contributed by atoms with Gasteiger partial charge in [-0.05, 0) is 32.3 Å². The lowest BCUT2D eigenvalue weighted by molar-refractivity contribution is -0.385. The highest BCUT2D eigenvalue weighted by molar-refractivity contribution is 9.09. The van der Waals surface area contributed by atoms with Gasteiger partial charge in [-0.1, -0.05) is 29.8 Å². The maximum absolute atomic E-state index is 14.0. The lowest BCUT2D eigenvalue weighted by Gasteiger charge is -2.52. The molecule has 1 aromatic carbocycles. The zero-order valence-electron chi connectivity index (χ0n) is 12.4. The Hall–Kier alpha value is -1.17. The van der Waals surface area contributed by atoms with E-state index in [2.05, 4.69) is 29.8 Å². The van der Waals surface area contributed by atoms with Crippen LogP contribution in [0.2, 0.25) is 0 Å². The molecular weight excluding hydrogens is 341 g/mol. The van der Waals surface area contributed by atoms with Crippen LogP contribution in [0.15, 0.2) is 12.1 Å². The Kier molecular flexibility index (Phi) is 4.56. The summed E-state index contributed by atoms with van der Waals surface area (Å²) in [4.78, 5) is 10.6. The molecule has 4 nitrogen and oxygen atoms in total. The summed E-state index contributed by atoms with van der Waals surface area (Å²) in [5, 5.41) is 10.8. The van der Waals surface area contributed by atoms with Gasteiger partial charge in [0.05, 0.1) is 11.0 Å². The van der Waals surface area contributed by atoms with Gasteiger partial charge in [0, 0.05) is 15.8 Å². The third-order valence-electron chi connectivity index (χ3n) is 4.72. The van der Waals surface area contributed by atoms with Crippen LogP contribution in [0.4, 0.5) is 10.1 Å². The third kappa shape index (κ3) is 2.65. The molecule has 0 heterocycles. The molecule has 21 heavy (non-hydrogen) atoms. The van der Waals surface area contributed by atoms with Gasteiger partial charge >= 0.3 is 0 Å². The van der Waals surface area contributed by atoms with Gasteiger partial charge in [0.25, 0.3) is 5.69 Å². The normalized spacial score (nSPS) is 23.5. The van der Waals surface area contributed by atoms with Gasteiger partial charge in [0.15, 0.2) is 11.6 Å². The molecule has 1 saturated carbocycles. The van der Waals surface area contributed by atoms with E-state index in [0.29, 0.717) is 10.4 Å². The van der Waals surface area contributed by atoms with E-state index in [1.807, 2.05) is 0 Å². The largest absolute Gasteiger partial charge is 0.487 e. The Morgan fingerprint density at radius 2 is 2.10 bits per heavy atom. The number of benzene rings is 1. The molecule has 2 unspecified atom stereocenters. The Labute approximate surface area is 132 Å². The van der Waals surface area contributed by atoms with Gasteiger partial charge in [-0.2, -0.15) is 0 Å². The molecule has 1 aliphatic rings. The summed E-state index contributed by atoms with van der Waals surface area (Å²) in [6, 6.07) is 2.36. The molecule has 0 aromatic heterocycles. The first kappa shape index (κ1) is 16.2. The molecule has 1 fully saturated rings. The van der Waals surface area contributed by atoms with Gasteiger partial charge in [0.1, 0.15) is 6.10 Å². The van der Waals surface area contributed by atoms with Gasteiger partial charge < -0.3 is 4.74 Å². The number of hydrogen-bond acceptors (Lipinski definition) is 3. The topological polar surface area (TPSA) is 52.4 Å². The molecule has 0 bridgehead atoms. The van der Waals surface area contributed by atoms with E-state index in [9.17, 15) is 14.5 Å². The summed E-state index contributed by atoms with van der Waals surface area (Å²) in [6.07, 6.45) is 2.64. The highest BCUT2D eigenvalue weighted by Crippen LogP contribution is 2.53. The second-order valence-corrected chi connectivity index (χ2v) is 6.68. The molecule has 0 saturated heterocycles. The molecule has 2 rings (SSSR count). The standard InChI is InChI=1S/C15H19BrFNO3/c1-4-15(5-2)13(16)8-14(15)21-12-6-9(3)11(18(19)20)7-10(12)17/h6-7,13-14H,4-5,8H2,1-3H3. The minimum Gasteiger partial charge on any atom is -0.487 e. The van der Waals surface area contributed by atoms with E-state index in [1.165, 1.54) is 6.07 Å². The first-order valence-electron chi connectivity index (χ1n) is 7.11. The van der Waals surface area contributed by atoms with Crippen molar-refractivity contribution in [3.05, 3.63) is 33.6 Å². The molecule has 1 aromatic rings. The number of aryl methyl sites for hydroxylation is 1. The minimum atomic E-state index is -0.675. The predicted octanol–water partition coefficient (Wildman–Crippen LogP) is 4.76. The highest BCUT2D eigenvalue weighted by atomic mass is 79.9. The lowest BCUT2D eigenvalue weighted by atomic mass is 9.62. The summed E-state index contributed by atoms with van der Waals surface area (Å²) in [7, 11) is 0. The minimum absolute atomic E-state index is 0.00210. The average Bonchev–Trinajstić information content (AvgIpc) is 2.43. The van der Waals surface area contributed by atoms with E-state index in [4.69, 9.17) is 4.74 Å². The average molecular weight is 360 g/mol. The SMILES string of the molecule is CCC1(CC)C(Br)CC1Oc1cc(C)c([N+](=O)[O-])cc1F. The van der Waals surface area contributed by atoms with Crippen LogP contribution in [0.5, 0.6) is 5.75 Å². The number of ether oxygens (including phenoxy) is 1. The van der Waals surface area contributed by atoms with Gasteiger partial charge in [-0.15, -0.1) is 0 Å². The van der Waals surface area contributed by atoms with E-state index >= 15 is 0 Å². The van der Waals surface area contributed by atoms with E-state index in [-0.39, 0.29) is 23.0 Å². The van der Waals surface area contributed by atoms with Crippen LogP contribution in [0.25, 0.3) is 0 Å². The molecule has 6 heteroatoms. The number of halogens is 2. The Morgan fingerprint density at radius 3 is 2.57 bits per heavy atom. The molecule has 2 atom stereocenters. The monoisotopic (exact) mass is 359 g/mol. The maximum Gasteiger partial charge on any atom is 0.275 e. The van der Waals surface area contributed by atoms with Gasteiger partial charge in [-0.25, -0.2) is 4.39 Å². The number of nitro groups is 1. The van der Waals surface area contributed by atoms with Crippen molar-refractivity contribution in [2.75, 3.05) is 0 Å².